The molecule has 0 fully saturated rings. The van der Waals surface area contributed by atoms with Gasteiger partial charge in [0.15, 0.2) is 5.82 Å². The van der Waals surface area contributed by atoms with Crippen molar-refractivity contribution in [2.45, 2.75) is 0 Å². The van der Waals surface area contributed by atoms with Crippen LogP contribution in [0.5, 0.6) is 5.75 Å². The molecule has 0 aliphatic heterocycles. The van der Waals surface area contributed by atoms with Gasteiger partial charge in [-0.05, 0) is 34.7 Å². The van der Waals surface area contributed by atoms with Gasteiger partial charge in [-0.25, -0.2) is 9.18 Å². The summed E-state index contributed by atoms with van der Waals surface area (Å²) >= 11 is 1.77. The van der Waals surface area contributed by atoms with Crippen molar-refractivity contribution in [3.05, 3.63) is 27.1 Å². The van der Waals surface area contributed by atoms with Crippen molar-refractivity contribution in [3.63, 3.8) is 0 Å². The van der Waals surface area contributed by atoms with Gasteiger partial charge in [-0.3, -0.25) is 0 Å². The van der Waals surface area contributed by atoms with Crippen molar-refractivity contribution in [3.8, 4) is 5.75 Å². The third kappa shape index (κ3) is 1.97. The zero-order valence-corrected chi connectivity index (χ0v) is 9.79. The molecule has 0 amide bonds. The van der Waals surface area contributed by atoms with Gasteiger partial charge in [0.25, 0.3) is 0 Å². The van der Waals surface area contributed by atoms with E-state index in [1.165, 1.54) is 26.4 Å². The summed E-state index contributed by atoms with van der Waals surface area (Å²) in [4.78, 5) is 11.1. The summed E-state index contributed by atoms with van der Waals surface area (Å²) in [7, 11) is 2.65. The third-order valence-corrected chi connectivity index (χ3v) is 2.68. The number of rotatable bonds is 2. The van der Waals surface area contributed by atoms with Crippen molar-refractivity contribution in [2.75, 3.05) is 14.2 Å². The molecule has 0 unspecified atom stereocenters. The molecule has 0 N–H and O–H groups in total. The summed E-state index contributed by atoms with van der Waals surface area (Å²) in [6.45, 7) is 0. The molecular weight excluding hydrogens is 302 g/mol. The molecule has 0 saturated carbocycles. The minimum absolute atomic E-state index is 0.0855. The lowest BCUT2D eigenvalue weighted by Gasteiger charge is -2.06. The highest BCUT2D eigenvalue weighted by molar-refractivity contribution is 14.1. The van der Waals surface area contributed by atoms with Crippen LogP contribution in [0.2, 0.25) is 0 Å². The first kappa shape index (κ1) is 11.2. The second-order valence-corrected chi connectivity index (χ2v) is 3.51. The number of benzene rings is 1. The lowest BCUT2D eigenvalue weighted by Crippen LogP contribution is -2.06. The van der Waals surface area contributed by atoms with Crippen LogP contribution in [0.25, 0.3) is 0 Å². The van der Waals surface area contributed by atoms with Crippen LogP contribution in [0.4, 0.5) is 4.39 Å². The van der Waals surface area contributed by atoms with Crippen molar-refractivity contribution in [1.82, 2.24) is 0 Å². The standard InChI is InChI=1S/C9H8FIO3/c1-13-6-4-3-5(9(12)14-2)7(10)8(6)11/h3-4H,1-2H3. The third-order valence-electron chi connectivity index (χ3n) is 1.67. The molecule has 0 aromatic heterocycles. The number of esters is 1. The average molecular weight is 310 g/mol. The molecule has 0 bridgehead atoms. The first-order chi connectivity index (χ1) is 6.61. The van der Waals surface area contributed by atoms with Crippen LogP contribution < -0.4 is 4.74 Å². The van der Waals surface area contributed by atoms with Crippen molar-refractivity contribution in [2.24, 2.45) is 0 Å². The van der Waals surface area contributed by atoms with Crippen LogP contribution >= 0.6 is 22.6 Å². The van der Waals surface area contributed by atoms with Gasteiger partial charge in [-0.2, -0.15) is 0 Å². The number of ether oxygens (including phenoxy) is 2. The quantitative estimate of drug-likeness (QED) is 0.621. The fourth-order valence-corrected chi connectivity index (χ4v) is 1.65. The predicted octanol–water partition coefficient (Wildman–Crippen LogP) is 2.23. The monoisotopic (exact) mass is 310 g/mol. The van der Waals surface area contributed by atoms with Crippen LogP contribution in [0.3, 0.4) is 0 Å². The van der Waals surface area contributed by atoms with E-state index < -0.39 is 11.8 Å². The maximum Gasteiger partial charge on any atom is 0.340 e. The maximum atomic E-state index is 13.5. The van der Waals surface area contributed by atoms with Crippen LogP contribution in [0, 0.1) is 9.39 Å². The summed E-state index contributed by atoms with van der Waals surface area (Å²) < 4.78 is 23.1. The molecule has 1 aromatic rings. The zero-order valence-electron chi connectivity index (χ0n) is 7.64. The van der Waals surface area contributed by atoms with Crippen LogP contribution in [0.15, 0.2) is 12.1 Å². The van der Waals surface area contributed by atoms with Gasteiger partial charge in [-0.1, -0.05) is 0 Å². The predicted molar refractivity (Wildman–Crippen MR) is 57.0 cm³/mol. The molecule has 1 aromatic carbocycles. The molecule has 0 saturated heterocycles. The number of hydrogen-bond donors (Lipinski definition) is 0. The highest BCUT2D eigenvalue weighted by atomic mass is 127. The van der Waals surface area contributed by atoms with E-state index in [0.717, 1.165) is 0 Å². The van der Waals surface area contributed by atoms with Crippen molar-refractivity contribution in [1.29, 1.82) is 0 Å². The average Bonchev–Trinajstić information content (AvgIpc) is 2.21. The fraction of sp³-hybridized carbons (Fsp3) is 0.222. The largest absolute Gasteiger partial charge is 0.496 e. The van der Waals surface area contributed by atoms with Gasteiger partial charge in [0, 0.05) is 0 Å². The zero-order chi connectivity index (χ0) is 10.7. The second kappa shape index (κ2) is 4.59. The van der Waals surface area contributed by atoms with E-state index in [4.69, 9.17) is 4.74 Å². The summed E-state index contributed by atoms with van der Waals surface area (Å²) in [6.07, 6.45) is 0. The fourth-order valence-electron chi connectivity index (χ4n) is 0.957. The Kier molecular flexibility index (Phi) is 3.68. The number of methoxy groups -OCH3 is 2. The van der Waals surface area contributed by atoms with Crippen molar-refractivity contribution >= 4 is 28.6 Å². The van der Waals surface area contributed by atoms with Crippen LogP contribution in [-0.2, 0) is 4.74 Å². The Morgan fingerprint density at radius 1 is 1.43 bits per heavy atom. The number of carbonyl (C=O) groups excluding carboxylic acids is 1. The SMILES string of the molecule is COC(=O)c1ccc(OC)c(I)c1F. The Balaban J connectivity index is 3.24. The Labute approximate surface area is 94.3 Å². The Hall–Kier alpha value is -0.850. The van der Waals surface area contributed by atoms with Gasteiger partial charge in [0.2, 0.25) is 0 Å². The molecule has 0 atom stereocenters. The van der Waals surface area contributed by atoms with E-state index in [0.29, 0.717) is 5.75 Å². The molecular formula is C9H8FIO3. The topological polar surface area (TPSA) is 35.5 Å². The van der Waals surface area contributed by atoms with Gasteiger partial charge in [0.05, 0.1) is 23.4 Å². The van der Waals surface area contributed by atoms with Crippen LogP contribution in [0.1, 0.15) is 10.4 Å². The normalized spacial score (nSPS) is 9.71. The summed E-state index contributed by atoms with van der Waals surface area (Å²) in [5.41, 5.74) is -0.0855. The first-order valence-electron chi connectivity index (χ1n) is 3.72. The molecule has 3 nitrogen and oxygen atoms in total. The molecule has 76 valence electrons. The molecule has 1 rings (SSSR count). The molecule has 14 heavy (non-hydrogen) atoms. The number of hydrogen-bond acceptors (Lipinski definition) is 3. The second-order valence-electron chi connectivity index (χ2n) is 2.43. The molecule has 0 heterocycles. The van der Waals surface area contributed by atoms with E-state index >= 15 is 0 Å². The van der Waals surface area contributed by atoms with E-state index in [9.17, 15) is 9.18 Å². The summed E-state index contributed by atoms with van der Waals surface area (Å²) in [5.74, 6) is -0.907. The minimum atomic E-state index is -0.692. The van der Waals surface area contributed by atoms with Gasteiger partial charge < -0.3 is 9.47 Å². The van der Waals surface area contributed by atoms with E-state index in [1.807, 2.05) is 0 Å². The van der Waals surface area contributed by atoms with E-state index in [2.05, 4.69) is 4.74 Å². The Bertz CT molecular complexity index is 365. The van der Waals surface area contributed by atoms with Crippen LogP contribution in [-0.4, -0.2) is 20.2 Å². The molecule has 0 spiro atoms. The lowest BCUT2D eigenvalue weighted by molar-refractivity contribution is 0.0595. The highest BCUT2D eigenvalue weighted by Gasteiger charge is 2.17. The molecule has 0 aliphatic rings. The van der Waals surface area contributed by atoms with Crippen molar-refractivity contribution < 1.29 is 18.7 Å². The Morgan fingerprint density at radius 2 is 2.07 bits per heavy atom. The number of halogens is 2. The first-order valence-corrected chi connectivity index (χ1v) is 4.80. The lowest BCUT2D eigenvalue weighted by atomic mass is 10.2. The number of carbonyl (C=O) groups is 1. The maximum absolute atomic E-state index is 13.5. The highest BCUT2D eigenvalue weighted by Crippen LogP contribution is 2.26. The summed E-state index contributed by atoms with van der Waals surface area (Å²) in [5, 5.41) is 0. The smallest absolute Gasteiger partial charge is 0.340 e. The molecule has 0 radical (unpaired) electrons. The van der Waals surface area contributed by atoms with E-state index in [-0.39, 0.29) is 9.13 Å². The van der Waals surface area contributed by atoms with E-state index in [1.54, 1.807) is 22.6 Å². The van der Waals surface area contributed by atoms with Gasteiger partial charge in [0.1, 0.15) is 5.75 Å². The van der Waals surface area contributed by atoms with Gasteiger partial charge in [-0.15, -0.1) is 0 Å². The Morgan fingerprint density at radius 3 is 2.57 bits per heavy atom. The molecule has 5 heteroatoms. The van der Waals surface area contributed by atoms with Gasteiger partial charge >= 0.3 is 5.97 Å². The minimum Gasteiger partial charge on any atom is -0.496 e. The summed E-state index contributed by atoms with van der Waals surface area (Å²) in [6, 6.07) is 2.86. The molecule has 0 aliphatic carbocycles.